The first kappa shape index (κ1) is 50.5. The van der Waals surface area contributed by atoms with Crippen molar-refractivity contribution in [1.29, 1.82) is 0 Å². The van der Waals surface area contributed by atoms with Crippen LogP contribution in [0.5, 0.6) is 11.5 Å². The number of carboxylic acids is 1. The van der Waals surface area contributed by atoms with Crippen LogP contribution in [0.25, 0.3) is 28.2 Å². The minimum atomic E-state index is -4.18. The number of benzene rings is 4. The summed E-state index contributed by atoms with van der Waals surface area (Å²) in [6, 6.07) is 21.6. The molecule has 0 radical (unpaired) electrons. The number of nitrogens with zero attached hydrogens (tertiary/aromatic N) is 3. The molecule has 0 saturated heterocycles. The van der Waals surface area contributed by atoms with Crippen molar-refractivity contribution in [3.05, 3.63) is 137 Å². The lowest BCUT2D eigenvalue weighted by atomic mass is 9.87. The van der Waals surface area contributed by atoms with Crippen LogP contribution in [0.4, 0.5) is 8.78 Å². The molecule has 0 fully saturated rings. The monoisotopic (exact) mass is 953 g/mol. The van der Waals surface area contributed by atoms with E-state index in [2.05, 4.69) is 47.7 Å². The lowest BCUT2D eigenvalue weighted by Gasteiger charge is -2.39. The topological polar surface area (TPSA) is 139 Å². The third-order valence-corrected chi connectivity index (χ3v) is 18.6. The first-order chi connectivity index (χ1) is 31.5. The van der Waals surface area contributed by atoms with Gasteiger partial charge in [-0.3, -0.25) is 9.48 Å². The summed E-state index contributed by atoms with van der Waals surface area (Å²) in [5.41, 5.74) is 2.70. The number of hydrogen-bond donors (Lipinski definition) is 1. The Morgan fingerprint density at radius 2 is 1.64 bits per heavy atom. The summed E-state index contributed by atoms with van der Waals surface area (Å²) in [4.78, 5) is 24.3. The fourth-order valence-electron chi connectivity index (χ4n) is 7.56. The van der Waals surface area contributed by atoms with E-state index in [1.54, 1.807) is 42.1 Å². The van der Waals surface area contributed by atoms with Gasteiger partial charge in [-0.1, -0.05) is 83.4 Å². The van der Waals surface area contributed by atoms with Crippen molar-refractivity contribution in [1.82, 2.24) is 13.8 Å². The van der Waals surface area contributed by atoms with Crippen molar-refractivity contribution in [3.63, 3.8) is 0 Å². The predicted octanol–water partition coefficient (Wildman–Crippen LogP) is 12.5. The van der Waals surface area contributed by atoms with E-state index in [0.717, 1.165) is 52.1 Å². The van der Waals surface area contributed by atoms with Gasteiger partial charge in [0.15, 0.2) is 19.9 Å². The van der Waals surface area contributed by atoms with Gasteiger partial charge < -0.3 is 19.0 Å². The van der Waals surface area contributed by atoms with E-state index < -0.39 is 54.1 Å². The molecular formula is C52H61F2N3O8SSi. The molecule has 0 aliphatic rings. The second kappa shape index (κ2) is 20.5. The SMILES string of the molecule is CCOC(=O)/C=C/c1cccc(C(CCCCC(C)(C)CO[Si](C)(C)C(C)(C)C)n2ccc(-c3cc(Oc4c(F)cc5c(ccn5S(=O)(=O)c5ccc(C)cc5)c4CC(=O)O)ccc3F)n2)c1. The highest BCUT2D eigenvalue weighted by molar-refractivity contribution is 7.90. The average molecular weight is 954 g/mol. The van der Waals surface area contributed by atoms with Crippen LogP contribution >= 0.6 is 0 Å². The molecule has 1 atom stereocenters. The number of unbranched alkanes of at least 4 members (excludes halogenated alkanes) is 1. The summed E-state index contributed by atoms with van der Waals surface area (Å²) in [6.07, 6.45) is 8.82. The van der Waals surface area contributed by atoms with Crippen molar-refractivity contribution in [3.8, 4) is 22.8 Å². The number of rotatable bonds is 20. The van der Waals surface area contributed by atoms with E-state index >= 15 is 8.78 Å². The summed E-state index contributed by atoms with van der Waals surface area (Å²) in [5, 5.41) is 15.1. The number of fused-ring (bicyclic) bond motifs is 1. The maximum absolute atomic E-state index is 16.2. The zero-order valence-electron chi connectivity index (χ0n) is 39.7. The first-order valence-electron chi connectivity index (χ1n) is 22.5. The number of carbonyl (C=O) groups is 2. The summed E-state index contributed by atoms with van der Waals surface area (Å²) < 4.78 is 79.7. The second-order valence-electron chi connectivity index (χ2n) is 19.3. The van der Waals surface area contributed by atoms with Crippen molar-refractivity contribution in [2.24, 2.45) is 5.41 Å². The van der Waals surface area contributed by atoms with E-state index in [-0.39, 0.29) is 61.5 Å². The van der Waals surface area contributed by atoms with Gasteiger partial charge in [0, 0.05) is 47.7 Å². The molecule has 4 aromatic carbocycles. The van der Waals surface area contributed by atoms with Crippen molar-refractivity contribution in [2.45, 2.75) is 110 Å². The highest BCUT2D eigenvalue weighted by Crippen LogP contribution is 2.40. The largest absolute Gasteiger partial charge is 0.481 e. The van der Waals surface area contributed by atoms with Crippen LogP contribution in [0, 0.1) is 24.0 Å². The molecule has 0 amide bonds. The molecule has 11 nitrogen and oxygen atoms in total. The van der Waals surface area contributed by atoms with Gasteiger partial charge in [-0.25, -0.2) is 26.0 Å². The van der Waals surface area contributed by atoms with E-state index in [1.165, 1.54) is 42.6 Å². The quantitative estimate of drug-likeness (QED) is 0.0343. The number of hydrogen-bond acceptors (Lipinski definition) is 8. The van der Waals surface area contributed by atoms with E-state index in [1.807, 2.05) is 31.2 Å². The molecule has 2 aromatic heterocycles. The normalized spacial score (nSPS) is 13.1. The molecule has 15 heteroatoms. The minimum absolute atomic E-state index is 0.000310. The number of carbonyl (C=O) groups excluding carboxylic acids is 1. The number of carboxylic acid groups (broad SMARTS) is 1. The van der Waals surface area contributed by atoms with Gasteiger partial charge in [0.05, 0.1) is 35.2 Å². The molecule has 1 unspecified atom stereocenters. The molecular weight excluding hydrogens is 893 g/mol. The maximum atomic E-state index is 16.2. The van der Waals surface area contributed by atoms with E-state index in [0.29, 0.717) is 13.0 Å². The molecule has 0 spiro atoms. The Kier molecular flexibility index (Phi) is 15.5. The standard InChI is InChI=1S/C52H61F2N3O8SSi/c1-10-63-49(60)24-19-36-14-13-15-37(30-36)46(16-11-12-27-52(6,7)34-64-67(8,9)51(3,4)5)56-28-26-45(55-56)42-31-38(20-23-43(42)53)65-50-41(32-48(58)59)40-25-29-57(47(40)33-44(50)54)66(61,62)39-21-17-35(2)18-22-39/h13-15,17-26,28-31,33,46H,10-12,16,27,32,34H2,1-9H3,(H,58,59)/b24-19+. The Labute approximate surface area is 393 Å². The molecule has 6 rings (SSSR count). The number of ether oxygens (including phenoxy) is 2. The summed E-state index contributed by atoms with van der Waals surface area (Å²) >= 11 is 0. The van der Waals surface area contributed by atoms with Crippen LogP contribution < -0.4 is 4.74 Å². The van der Waals surface area contributed by atoms with Crippen LogP contribution in [0.3, 0.4) is 0 Å². The Morgan fingerprint density at radius 3 is 2.33 bits per heavy atom. The Hall–Kier alpha value is -5.90. The molecule has 0 saturated carbocycles. The van der Waals surface area contributed by atoms with Crippen LogP contribution in [0.15, 0.2) is 108 Å². The summed E-state index contributed by atoms with van der Waals surface area (Å²) in [6.45, 7) is 20.2. The van der Waals surface area contributed by atoms with Gasteiger partial charge in [-0.2, -0.15) is 5.10 Å². The minimum Gasteiger partial charge on any atom is -0.481 e. The van der Waals surface area contributed by atoms with E-state index in [4.69, 9.17) is 19.0 Å². The van der Waals surface area contributed by atoms with Crippen molar-refractivity contribution >= 4 is 47.3 Å². The fourth-order valence-corrected chi connectivity index (χ4v) is 10.1. The molecule has 0 aliphatic carbocycles. The zero-order chi connectivity index (χ0) is 48.9. The lowest BCUT2D eigenvalue weighted by Crippen LogP contribution is -2.43. The number of halogens is 2. The smallest absolute Gasteiger partial charge is 0.330 e. The highest BCUT2D eigenvalue weighted by atomic mass is 32.2. The van der Waals surface area contributed by atoms with Crippen molar-refractivity contribution in [2.75, 3.05) is 13.2 Å². The summed E-state index contributed by atoms with van der Waals surface area (Å²) in [5.74, 6) is -3.81. The van der Waals surface area contributed by atoms with Crippen molar-refractivity contribution < 1.29 is 45.8 Å². The first-order valence-corrected chi connectivity index (χ1v) is 26.8. The van der Waals surface area contributed by atoms with Gasteiger partial charge >= 0.3 is 11.9 Å². The van der Waals surface area contributed by atoms with Gasteiger partial charge in [-0.05, 0) is 116 Å². The lowest BCUT2D eigenvalue weighted by molar-refractivity contribution is -0.137. The molecule has 67 heavy (non-hydrogen) atoms. The molecule has 1 N–H and O–H groups in total. The zero-order valence-corrected chi connectivity index (χ0v) is 41.5. The van der Waals surface area contributed by atoms with Gasteiger partial charge in [0.25, 0.3) is 10.0 Å². The van der Waals surface area contributed by atoms with Crippen LogP contribution in [0.1, 0.15) is 95.5 Å². The molecule has 2 heterocycles. The molecule has 0 bridgehead atoms. The number of esters is 1. The number of aliphatic carboxylic acids is 1. The van der Waals surface area contributed by atoms with Crippen LogP contribution in [-0.2, 0) is 35.2 Å². The van der Waals surface area contributed by atoms with Gasteiger partial charge in [-0.15, -0.1) is 0 Å². The Bertz CT molecular complexity index is 2880. The van der Waals surface area contributed by atoms with E-state index in [9.17, 15) is 23.1 Å². The predicted molar refractivity (Wildman–Crippen MR) is 260 cm³/mol. The van der Waals surface area contributed by atoms with Crippen LogP contribution in [0.2, 0.25) is 18.1 Å². The second-order valence-corrected chi connectivity index (χ2v) is 25.9. The highest BCUT2D eigenvalue weighted by Gasteiger charge is 2.38. The van der Waals surface area contributed by atoms with Gasteiger partial charge in [0.1, 0.15) is 11.6 Å². The Morgan fingerprint density at radius 1 is 0.910 bits per heavy atom. The number of aromatic nitrogens is 3. The third kappa shape index (κ3) is 12.2. The average Bonchev–Trinajstić information content (AvgIpc) is 3.92. The summed E-state index contributed by atoms with van der Waals surface area (Å²) in [7, 11) is -6.10. The molecule has 356 valence electrons. The maximum Gasteiger partial charge on any atom is 0.330 e. The van der Waals surface area contributed by atoms with Gasteiger partial charge in [0.2, 0.25) is 0 Å². The third-order valence-electron chi connectivity index (χ3n) is 12.4. The van der Waals surface area contributed by atoms with Crippen LogP contribution in [-0.4, -0.2) is 60.7 Å². The number of aryl methyl sites for hydroxylation is 1. The molecule has 6 aromatic rings. The Balaban J connectivity index is 1.29. The fraction of sp³-hybridized carbons (Fsp3) is 0.365. The molecule has 0 aliphatic heterocycles.